The van der Waals surface area contributed by atoms with E-state index >= 15 is 0 Å². The second kappa shape index (κ2) is 9.93. The number of aryl methyl sites for hydroxylation is 1. The highest BCUT2D eigenvalue weighted by Crippen LogP contribution is 2.34. The molecule has 5 heteroatoms. The molecule has 0 bridgehead atoms. The van der Waals surface area contributed by atoms with Crippen LogP contribution in [0.5, 0.6) is 0 Å². The summed E-state index contributed by atoms with van der Waals surface area (Å²) in [5.74, 6) is 1.41. The molecule has 1 N–H and O–H groups in total. The van der Waals surface area contributed by atoms with Gasteiger partial charge in [-0.3, -0.25) is 9.80 Å². The number of nitrogens with zero attached hydrogens (tertiary/aromatic N) is 3. The van der Waals surface area contributed by atoms with Gasteiger partial charge < -0.3 is 9.88 Å². The summed E-state index contributed by atoms with van der Waals surface area (Å²) in [6.07, 6.45) is 9.61. The molecule has 2 heterocycles. The summed E-state index contributed by atoms with van der Waals surface area (Å²) in [5, 5.41) is 10.1. The fourth-order valence-corrected chi connectivity index (χ4v) is 5.03. The minimum absolute atomic E-state index is 0.107. The van der Waals surface area contributed by atoms with Crippen LogP contribution in [-0.4, -0.2) is 34.9 Å². The van der Waals surface area contributed by atoms with Crippen molar-refractivity contribution in [3.05, 3.63) is 64.1 Å². The molecule has 1 aromatic carbocycles. The molecule has 2 unspecified atom stereocenters. The molecular formula is C27H38N4O. The summed E-state index contributed by atoms with van der Waals surface area (Å²) < 4.78 is 1.92. The van der Waals surface area contributed by atoms with Crippen molar-refractivity contribution in [3.8, 4) is 0 Å². The van der Waals surface area contributed by atoms with Gasteiger partial charge in [0.1, 0.15) is 5.69 Å². The lowest BCUT2D eigenvalue weighted by Crippen LogP contribution is -2.32. The molecule has 1 aliphatic heterocycles. The van der Waals surface area contributed by atoms with Crippen molar-refractivity contribution in [2.75, 3.05) is 12.4 Å². The number of aromatic nitrogens is 1. The summed E-state index contributed by atoms with van der Waals surface area (Å²) in [7, 11) is 2.01. The summed E-state index contributed by atoms with van der Waals surface area (Å²) in [6, 6.07) is 13.6. The maximum atomic E-state index is 13.3. The topological polar surface area (TPSA) is 49.6 Å². The van der Waals surface area contributed by atoms with Gasteiger partial charge in [0.2, 0.25) is 0 Å². The second-order valence-electron chi connectivity index (χ2n) is 10.1. The molecule has 1 saturated carbocycles. The van der Waals surface area contributed by atoms with Crippen LogP contribution in [0, 0.1) is 5.92 Å². The Hall–Kier alpha value is -2.56. The lowest BCUT2D eigenvalue weighted by molar-refractivity contribution is 0.288. The van der Waals surface area contributed by atoms with E-state index in [9.17, 15) is 4.79 Å². The Balaban J connectivity index is 1.52. The first-order valence-corrected chi connectivity index (χ1v) is 12.2. The highest BCUT2D eigenvalue weighted by atomic mass is 16.1. The number of anilines is 1. The predicted molar refractivity (Wildman–Crippen MR) is 134 cm³/mol. The van der Waals surface area contributed by atoms with Crippen molar-refractivity contribution in [3.63, 3.8) is 0 Å². The normalized spacial score (nSPS) is 25.5. The van der Waals surface area contributed by atoms with E-state index in [1.165, 1.54) is 24.0 Å². The van der Waals surface area contributed by atoms with Crippen molar-refractivity contribution in [2.24, 2.45) is 11.0 Å². The number of benzene rings is 1. The monoisotopic (exact) mass is 434 g/mol. The van der Waals surface area contributed by atoms with Crippen molar-refractivity contribution in [1.29, 1.82) is 0 Å². The summed E-state index contributed by atoms with van der Waals surface area (Å²) >= 11 is 0. The molecule has 172 valence electrons. The number of hydrogen-bond acceptors (Lipinski definition) is 4. The lowest BCUT2D eigenvalue weighted by atomic mass is 9.81. The molecule has 0 saturated heterocycles. The van der Waals surface area contributed by atoms with Gasteiger partial charge in [-0.05, 0) is 68.1 Å². The maximum Gasteiger partial charge on any atom is 0.273 e. The Labute approximate surface area is 192 Å². The van der Waals surface area contributed by atoms with Gasteiger partial charge in [-0.1, -0.05) is 44.2 Å². The van der Waals surface area contributed by atoms with Crippen LogP contribution in [-0.2, 0) is 6.54 Å². The highest BCUT2D eigenvalue weighted by molar-refractivity contribution is 5.71. The number of hydrazone groups is 1. The third-order valence-electron chi connectivity index (χ3n) is 7.32. The summed E-state index contributed by atoms with van der Waals surface area (Å²) in [5.41, 5.74) is 3.48. The molecule has 1 aromatic heterocycles. The molecule has 2 aliphatic rings. The molecule has 32 heavy (non-hydrogen) atoms. The van der Waals surface area contributed by atoms with E-state index < -0.39 is 0 Å². The molecule has 4 rings (SSSR count). The van der Waals surface area contributed by atoms with Crippen LogP contribution < -0.4 is 10.9 Å². The number of rotatable bonds is 7. The maximum absolute atomic E-state index is 13.3. The fraction of sp³-hybridized carbons (Fsp3) is 0.556. The first kappa shape index (κ1) is 22.6. The van der Waals surface area contributed by atoms with E-state index in [2.05, 4.69) is 73.8 Å². The van der Waals surface area contributed by atoms with Gasteiger partial charge in [0.25, 0.3) is 5.56 Å². The van der Waals surface area contributed by atoms with Gasteiger partial charge in [0, 0.05) is 38.0 Å². The van der Waals surface area contributed by atoms with Gasteiger partial charge in [-0.15, -0.1) is 0 Å². The Morgan fingerprint density at radius 1 is 1.09 bits per heavy atom. The second-order valence-corrected chi connectivity index (χ2v) is 10.1. The van der Waals surface area contributed by atoms with E-state index in [1.807, 2.05) is 22.8 Å². The Morgan fingerprint density at radius 3 is 2.44 bits per heavy atom. The van der Waals surface area contributed by atoms with Crippen LogP contribution >= 0.6 is 0 Å². The Morgan fingerprint density at radius 2 is 1.81 bits per heavy atom. The third kappa shape index (κ3) is 5.08. The van der Waals surface area contributed by atoms with Gasteiger partial charge in [-0.25, -0.2) is 0 Å². The molecule has 1 fully saturated rings. The zero-order valence-electron chi connectivity index (χ0n) is 20.0. The Kier molecular flexibility index (Phi) is 7.02. The summed E-state index contributed by atoms with van der Waals surface area (Å²) in [6.45, 7) is 7.37. The largest absolute Gasteiger partial charge is 0.378 e. The molecule has 0 radical (unpaired) electrons. The van der Waals surface area contributed by atoms with E-state index in [-0.39, 0.29) is 11.5 Å². The van der Waals surface area contributed by atoms with Crippen LogP contribution in [0.1, 0.15) is 75.8 Å². The fourth-order valence-electron chi connectivity index (χ4n) is 5.03. The molecule has 5 nitrogen and oxygen atoms in total. The quantitative estimate of drug-likeness (QED) is 0.632. The van der Waals surface area contributed by atoms with E-state index in [0.29, 0.717) is 23.9 Å². The van der Waals surface area contributed by atoms with Gasteiger partial charge in [-0.2, -0.15) is 5.10 Å². The van der Waals surface area contributed by atoms with Gasteiger partial charge >= 0.3 is 0 Å². The molecular weight excluding hydrogens is 396 g/mol. The van der Waals surface area contributed by atoms with Crippen molar-refractivity contribution in [1.82, 2.24) is 9.58 Å². The van der Waals surface area contributed by atoms with Crippen molar-refractivity contribution < 1.29 is 0 Å². The summed E-state index contributed by atoms with van der Waals surface area (Å²) in [4.78, 5) is 13.3. The predicted octanol–water partition coefficient (Wildman–Crippen LogP) is 5.44. The van der Waals surface area contributed by atoms with Crippen LogP contribution in [0.2, 0.25) is 0 Å². The van der Waals surface area contributed by atoms with Crippen molar-refractivity contribution in [2.45, 2.75) is 83.3 Å². The lowest BCUT2D eigenvalue weighted by Gasteiger charge is -2.30. The average molecular weight is 435 g/mol. The first-order valence-electron chi connectivity index (χ1n) is 12.2. The van der Waals surface area contributed by atoms with Crippen LogP contribution in [0.15, 0.2) is 52.5 Å². The minimum Gasteiger partial charge on any atom is -0.378 e. The molecule has 2 atom stereocenters. The van der Waals surface area contributed by atoms with Crippen LogP contribution in [0.4, 0.5) is 5.69 Å². The highest BCUT2D eigenvalue weighted by Gasteiger charge is 2.28. The minimum atomic E-state index is 0.107. The van der Waals surface area contributed by atoms with Gasteiger partial charge in [0.05, 0.1) is 6.04 Å². The van der Waals surface area contributed by atoms with Crippen LogP contribution in [0.3, 0.4) is 0 Å². The smallest absolute Gasteiger partial charge is 0.273 e. The zero-order valence-corrected chi connectivity index (χ0v) is 20.0. The van der Waals surface area contributed by atoms with E-state index in [1.54, 1.807) is 0 Å². The number of pyridine rings is 1. The van der Waals surface area contributed by atoms with Crippen molar-refractivity contribution >= 4 is 11.9 Å². The third-order valence-corrected chi connectivity index (χ3v) is 7.32. The molecule has 2 aromatic rings. The number of likely N-dealkylation sites (N-methyl/N-ethyl adjacent to an activating group) is 1. The molecule has 0 amide bonds. The number of hydrogen-bond donors (Lipinski definition) is 1. The SMILES string of the molecule is CC(C)CCn1cc(C2C=NN(C)C2C)cc(N[C@H]2CC[C@@H](c3ccccc3)CC2)c1=O. The van der Waals surface area contributed by atoms with E-state index in [4.69, 9.17) is 0 Å². The Bertz CT molecular complexity index is 973. The van der Waals surface area contributed by atoms with Crippen LogP contribution in [0.25, 0.3) is 0 Å². The molecule has 0 spiro atoms. The van der Waals surface area contributed by atoms with E-state index in [0.717, 1.165) is 31.5 Å². The molecule has 1 aliphatic carbocycles. The van der Waals surface area contributed by atoms with Gasteiger partial charge in [0.15, 0.2) is 0 Å². The average Bonchev–Trinajstić information content (AvgIpc) is 3.13. The zero-order chi connectivity index (χ0) is 22.7. The standard InChI is InChI=1S/C27H38N4O/c1-19(2)14-15-31-18-23(25-17-28-30(4)20(25)3)16-26(27(31)32)29-24-12-10-22(11-13-24)21-8-6-5-7-9-21/h5-9,16-20,22,24-25,29H,10-15H2,1-4H3/t20?,22-,24+,25?. The first-order chi connectivity index (χ1) is 15.4. The number of nitrogens with one attached hydrogen (secondary N) is 1.